The standard InChI is InChI=1S/C20H23F3N2O4S2/c1-24(2)10-3-12-28-16-6-9-19-18(14-16)25(11-13-30-19)31(26,27)17-7-4-15(5-8-17)29-20(21,22)23/h4-9,14H,3,10-13H2,1-2H3. The van der Waals surface area contributed by atoms with Crippen LogP contribution in [0.1, 0.15) is 6.42 Å². The van der Waals surface area contributed by atoms with Crippen LogP contribution >= 0.6 is 11.8 Å². The van der Waals surface area contributed by atoms with Crippen LogP contribution in [-0.4, -0.2) is 59.2 Å². The smallest absolute Gasteiger partial charge is 0.493 e. The zero-order chi connectivity index (χ0) is 22.6. The van der Waals surface area contributed by atoms with E-state index in [1.165, 1.54) is 4.31 Å². The minimum atomic E-state index is -4.84. The van der Waals surface area contributed by atoms with Crippen LogP contribution in [0.5, 0.6) is 11.5 Å². The molecule has 0 unspecified atom stereocenters. The van der Waals surface area contributed by atoms with Gasteiger partial charge in [-0.25, -0.2) is 8.42 Å². The molecule has 0 saturated heterocycles. The SMILES string of the molecule is CN(C)CCCOc1ccc2c(c1)N(S(=O)(=O)c1ccc(OC(F)(F)F)cc1)CCS2. The van der Waals surface area contributed by atoms with E-state index >= 15 is 0 Å². The molecule has 2 aromatic carbocycles. The third kappa shape index (κ3) is 6.20. The molecule has 170 valence electrons. The van der Waals surface area contributed by atoms with Crippen LogP contribution in [0.25, 0.3) is 0 Å². The van der Waals surface area contributed by atoms with E-state index in [2.05, 4.69) is 4.74 Å². The fourth-order valence-corrected chi connectivity index (χ4v) is 5.65. The number of benzene rings is 2. The van der Waals surface area contributed by atoms with Crippen LogP contribution in [-0.2, 0) is 10.0 Å². The molecule has 0 aliphatic carbocycles. The van der Waals surface area contributed by atoms with Crippen molar-refractivity contribution in [1.82, 2.24) is 4.90 Å². The zero-order valence-corrected chi connectivity index (χ0v) is 18.7. The van der Waals surface area contributed by atoms with E-state index in [1.807, 2.05) is 25.1 Å². The predicted molar refractivity (Wildman–Crippen MR) is 113 cm³/mol. The van der Waals surface area contributed by atoms with E-state index in [9.17, 15) is 21.6 Å². The summed E-state index contributed by atoms with van der Waals surface area (Å²) in [5.74, 6) is 0.647. The molecular weight excluding hydrogens is 453 g/mol. The lowest BCUT2D eigenvalue weighted by Gasteiger charge is -2.30. The van der Waals surface area contributed by atoms with Gasteiger partial charge in [-0.1, -0.05) is 0 Å². The molecule has 2 aromatic rings. The molecule has 0 amide bonds. The van der Waals surface area contributed by atoms with Gasteiger partial charge in [0.05, 0.1) is 17.2 Å². The summed E-state index contributed by atoms with van der Waals surface area (Å²) < 4.78 is 74.3. The van der Waals surface area contributed by atoms with Gasteiger partial charge in [-0.3, -0.25) is 4.31 Å². The first-order valence-corrected chi connectivity index (χ1v) is 11.9. The van der Waals surface area contributed by atoms with Gasteiger partial charge in [0, 0.05) is 29.8 Å². The Bertz CT molecular complexity index is 996. The van der Waals surface area contributed by atoms with Gasteiger partial charge in [0.15, 0.2) is 0 Å². The third-order valence-electron chi connectivity index (χ3n) is 4.41. The number of anilines is 1. The average Bonchev–Trinajstić information content (AvgIpc) is 2.69. The molecular formula is C20H23F3N2O4S2. The summed E-state index contributed by atoms with van der Waals surface area (Å²) in [5.41, 5.74) is 0.497. The van der Waals surface area contributed by atoms with Crippen molar-refractivity contribution in [2.45, 2.75) is 22.6 Å². The molecule has 1 aliphatic heterocycles. The summed E-state index contributed by atoms with van der Waals surface area (Å²) >= 11 is 1.54. The van der Waals surface area contributed by atoms with Gasteiger partial charge in [-0.05, 0) is 56.9 Å². The molecule has 31 heavy (non-hydrogen) atoms. The maximum absolute atomic E-state index is 13.2. The van der Waals surface area contributed by atoms with E-state index < -0.39 is 22.1 Å². The van der Waals surface area contributed by atoms with Crippen LogP contribution in [0.2, 0.25) is 0 Å². The predicted octanol–water partition coefficient (Wildman–Crippen LogP) is 4.22. The molecule has 0 N–H and O–H groups in total. The minimum absolute atomic E-state index is 0.114. The second-order valence-electron chi connectivity index (χ2n) is 7.08. The van der Waals surface area contributed by atoms with Crippen molar-refractivity contribution in [2.75, 3.05) is 43.8 Å². The number of thioether (sulfide) groups is 1. The van der Waals surface area contributed by atoms with E-state index in [1.54, 1.807) is 23.9 Å². The highest BCUT2D eigenvalue weighted by Crippen LogP contribution is 2.40. The van der Waals surface area contributed by atoms with Gasteiger partial charge in [0.2, 0.25) is 0 Å². The van der Waals surface area contributed by atoms with Crippen molar-refractivity contribution in [3.8, 4) is 11.5 Å². The third-order valence-corrected chi connectivity index (χ3v) is 7.29. The van der Waals surface area contributed by atoms with Gasteiger partial charge in [-0.15, -0.1) is 24.9 Å². The second-order valence-corrected chi connectivity index (χ2v) is 10.1. The van der Waals surface area contributed by atoms with E-state index in [0.29, 0.717) is 23.8 Å². The van der Waals surface area contributed by atoms with Crippen molar-refractivity contribution < 1.29 is 31.1 Å². The largest absolute Gasteiger partial charge is 0.573 e. The lowest BCUT2D eigenvalue weighted by Crippen LogP contribution is -2.35. The number of hydrogen-bond donors (Lipinski definition) is 0. The number of sulfonamides is 1. The van der Waals surface area contributed by atoms with Crippen molar-refractivity contribution >= 4 is 27.5 Å². The number of hydrogen-bond acceptors (Lipinski definition) is 6. The molecule has 1 aliphatic rings. The molecule has 0 fully saturated rings. The highest BCUT2D eigenvalue weighted by Gasteiger charge is 2.32. The Labute approximate surface area is 184 Å². The highest BCUT2D eigenvalue weighted by molar-refractivity contribution is 8.00. The number of ether oxygens (including phenoxy) is 2. The number of fused-ring (bicyclic) bond motifs is 1. The van der Waals surface area contributed by atoms with Gasteiger partial charge >= 0.3 is 6.36 Å². The fourth-order valence-electron chi connectivity index (χ4n) is 3.02. The molecule has 0 spiro atoms. The molecule has 6 nitrogen and oxygen atoms in total. The lowest BCUT2D eigenvalue weighted by atomic mass is 10.3. The van der Waals surface area contributed by atoms with Crippen molar-refractivity contribution in [3.63, 3.8) is 0 Å². The van der Waals surface area contributed by atoms with Crippen LogP contribution in [0, 0.1) is 0 Å². The van der Waals surface area contributed by atoms with Gasteiger partial charge < -0.3 is 14.4 Å². The first-order valence-electron chi connectivity index (χ1n) is 9.49. The lowest BCUT2D eigenvalue weighted by molar-refractivity contribution is -0.274. The molecule has 3 rings (SSSR count). The van der Waals surface area contributed by atoms with E-state index in [4.69, 9.17) is 4.74 Å². The Morgan fingerprint density at radius 1 is 1.10 bits per heavy atom. The topological polar surface area (TPSA) is 59.1 Å². The summed E-state index contributed by atoms with van der Waals surface area (Å²) in [6, 6.07) is 9.52. The number of halogens is 3. The fraction of sp³-hybridized carbons (Fsp3) is 0.400. The Kier molecular flexibility index (Phi) is 7.28. The number of rotatable bonds is 8. The Morgan fingerprint density at radius 2 is 1.77 bits per heavy atom. The highest BCUT2D eigenvalue weighted by atomic mass is 32.2. The number of nitrogens with zero attached hydrogens (tertiary/aromatic N) is 2. The molecule has 0 atom stereocenters. The summed E-state index contributed by atoms with van der Waals surface area (Å²) in [5, 5.41) is 0. The Balaban J connectivity index is 1.81. The van der Waals surface area contributed by atoms with Crippen molar-refractivity contribution in [2.24, 2.45) is 0 Å². The van der Waals surface area contributed by atoms with Crippen molar-refractivity contribution in [1.29, 1.82) is 0 Å². The minimum Gasteiger partial charge on any atom is -0.493 e. The zero-order valence-electron chi connectivity index (χ0n) is 17.1. The van der Waals surface area contributed by atoms with Crippen LogP contribution in [0.15, 0.2) is 52.3 Å². The molecule has 0 bridgehead atoms. The van der Waals surface area contributed by atoms with E-state index in [0.717, 1.165) is 42.1 Å². The molecule has 11 heteroatoms. The average molecular weight is 477 g/mol. The maximum atomic E-state index is 13.2. The Hall–Kier alpha value is -2.11. The second kappa shape index (κ2) is 9.58. The van der Waals surface area contributed by atoms with Gasteiger partial charge in [0.1, 0.15) is 11.5 Å². The summed E-state index contributed by atoms with van der Waals surface area (Å²) in [6.07, 6.45) is -4.01. The first kappa shape index (κ1) is 23.6. The molecule has 0 aromatic heterocycles. The maximum Gasteiger partial charge on any atom is 0.573 e. The monoisotopic (exact) mass is 476 g/mol. The normalized spacial score (nSPS) is 14.5. The molecule has 0 radical (unpaired) electrons. The van der Waals surface area contributed by atoms with E-state index in [-0.39, 0.29) is 11.4 Å². The van der Waals surface area contributed by atoms with Gasteiger partial charge in [0.25, 0.3) is 10.0 Å². The Morgan fingerprint density at radius 3 is 2.42 bits per heavy atom. The van der Waals surface area contributed by atoms with Crippen LogP contribution in [0.3, 0.4) is 0 Å². The summed E-state index contributed by atoms with van der Waals surface area (Å²) in [6.45, 7) is 1.61. The number of alkyl halides is 3. The summed E-state index contributed by atoms with van der Waals surface area (Å²) in [4.78, 5) is 2.73. The molecule has 0 saturated carbocycles. The van der Waals surface area contributed by atoms with Crippen LogP contribution < -0.4 is 13.8 Å². The van der Waals surface area contributed by atoms with Crippen molar-refractivity contribution in [3.05, 3.63) is 42.5 Å². The first-order chi connectivity index (χ1) is 14.6. The van der Waals surface area contributed by atoms with Gasteiger partial charge in [-0.2, -0.15) is 0 Å². The van der Waals surface area contributed by atoms with Crippen LogP contribution in [0.4, 0.5) is 18.9 Å². The quantitative estimate of drug-likeness (QED) is 0.532. The molecule has 1 heterocycles. The summed E-state index contributed by atoms with van der Waals surface area (Å²) in [7, 11) is -0.0224.